The summed E-state index contributed by atoms with van der Waals surface area (Å²) in [5, 5.41) is 3.38. The van der Waals surface area contributed by atoms with Gasteiger partial charge in [-0.15, -0.1) is 0 Å². The standard InChI is InChI=1S/C15H25N3O/c1-15(2,18-10-8-17-9-11-18)14(16)12-4-6-13(19-3)7-5-12/h4-7,14,17H,8-11,16H2,1-3H3. The summed E-state index contributed by atoms with van der Waals surface area (Å²) in [6, 6.07) is 8.07. The van der Waals surface area contributed by atoms with Crippen LogP contribution in [-0.2, 0) is 0 Å². The molecule has 4 heteroatoms. The van der Waals surface area contributed by atoms with E-state index in [9.17, 15) is 0 Å². The summed E-state index contributed by atoms with van der Waals surface area (Å²) in [6.45, 7) is 8.64. The SMILES string of the molecule is COc1ccc(C(N)C(C)(C)N2CCNCC2)cc1. The van der Waals surface area contributed by atoms with Crippen molar-refractivity contribution in [3.8, 4) is 5.75 Å². The van der Waals surface area contributed by atoms with Gasteiger partial charge in [-0.3, -0.25) is 4.90 Å². The molecule has 0 aliphatic carbocycles. The van der Waals surface area contributed by atoms with E-state index in [0.29, 0.717) is 0 Å². The molecule has 0 radical (unpaired) electrons. The lowest BCUT2D eigenvalue weighted by Gasteiger charge is -2.45. The van der Waals surface area contributed by atoms with Crippen LogP contribution >= 0.6 is 0 Å². The Morgan fingerprint density at radius 1 is 1.21 bits per heavy atom. The quantitative estimate of drug-likeness (QED) is 0.861. The summed E-state index contributed by atoms with van der Waals surface area (Å²) in [6.07, 6.45) is 0. The normalized spacial score (nSPS) is 19.2. The minimum absolute atomic E-state index is 0.00324. The summed E-state index contributed by atoms with van der Waals surface area (Å²) >= 11 is 0. The summed E-state index contributed by atoms with van der Waals surface area (Å²) in [7, 11) is 1.68. The number of nitrogens with zero attached hydrogens (tertiary/aromatic N) is 1. The molecule has 0 spiro atoms. The molecule has 1 heterocycles. The lowest BCUT2D eigenvalue weighted by molar-refractivity contribution is 0.0800. The molecule has 1 aromatic rings. The van der Waals surface area contributed by atoms with Crippen LogP contribution in [0.1, 0.15) is 25.5 Å². The lowest BCUT2D eigenvalue weighted by Crippen LogP contribution is -2.57. The highest BCUT2D eigenvalue weighted by molar-refractivity contribution is 5.30. The van der Waals surface area contributed by atoms with Crippen molar-refractivity contribution in [2.45, 2.75) is 25.4 Å². The first kappa shape index (κ1) is 14.3. The molecular formula is C15H25N3O. The highest BCUT2D eigenvalue weighted by Crippen LogP contribution is 2.30. The Kier molecular flexibility index (Phi) is 4.45. The number of hydrogen-bond acceptors (Lipinski definition) is 4. The van der Waals surface area contributed by atoms with Gasteiger partial charge >= 0.3 is 0 Å². The van der Waals surface area contributed by atoms with Crippen molar-refractivity contribution in [3.05, 3.63) is 29.8 Å². The Hall–Kier alpha value is -1.10. The Labute approximate surface area is 115 Å². The third kappa shape index (κ3) is 3.08. The molecule has 19 heavy (non-hydrogen) atoms. The van der Waals surface area contributed by atoms with E-state index in [1.54, 1.807) is 7.11 Å². The minimum Gasteiger partial charge on any atom is -0.497 e. The largest absolute Gasteiger partial charge is 0.497 e. The maximum Gasteiger partial charge on any atom is 0.118 e. The Bertz CT molecular complexity index is 396. The number of nitrogens with one attached hydrogen (secondary N) is 1. The van der Waals surface area contributed by atoms with Gasteiger partial charge in [0, 0.05) is 37.8 Å². The first-order valence-electron chi connectivity index (χ1n) is 6.91. The summed E-state index contributed by atoms with van der Waals surface area (Å²) < 4.78 is 5.19. The third-order valence-corrected chi connectivity index (χ3v) is 4.17. The van der Waals surface area contributed by atoms with Gasteiger partial charge < -0.3 is 15.8 Å². The third-order valence-electron chi connectivity index (χ3n) is 4.17. The fourth-order valence-corrected chi connectivity index (χ4v) is 2.66. The maximum atomic E-state index is 6.49. The lowest BCUT2D eigenvalue weighted by atomic mass is 9.87. The molecule has 1 unspecified atom stereocenters. The first-order chi connectivity index (χ1) is 9.05. The van der Waals surface area contributed by atoms with Crippen LogP contribution in [0, 0.1) is 0 Å². The predicted molar refractivity (Wildman–Crippen MR) is 78.4 cm³/mol. The van der Waals surface area contributed by atoms with E-state index in [0.717, 1.165) is 37.5 Å². The van der Waals surface area contributed by atoms with Crippen LogP contribution in [-0.4, -0.2) is 43.7 Å². The minimum atomic E-state index is -0.0450. The van der Waals surface area contributed by atoms with Crippen molar-refractivity contribution in [3.63, 3.8) is 0 Å². The molecule has 0 saturated carbocycles. The second kappa shape index (κ2) is 5.90. The summed E-state index contributed by atoms with van der Waals surface area (Å²) in [5.41, 5.74) is 7.60. The molecule has 1 aromatic carbocycles. The van der Waals surface area contributed by atoms with Crippen molar-refractivity contribution >= 4 is 0 Å². The Morgan fingerprint density at radius 3 is 2.32 bits per heavy atom. The highest BCUT2D eigenvalue weighted by atomic mass is 16.5. The molecule has 0 aromatic heterocycles. The molecule has 0 amide bonds. The number of hydrogen-bond donors (Lipinski definition) is 2. The second-order valence-electron chi connectivity index (χ2n) is 5.64. The van der Waals surface area contributed by atoms with Crippen LogP contribution < -0.4 is 15.8 Å². The van der Waals surface area contributed by atoms with Gasteiger partial charge in [0.25, 0.3) is 0 Å². The predicted octanol–water partition coefficient (Wildman–Crippen LogP) is 1.38. The molecule has 3 N–H and O–H groups in total. The molecule has 2 rings (SSSR count). The van der Waals surface area contributed by atoms with Crippen LogP contribution in [0.25, 0.3) is 0 Å². The number of piperazine rings is 1. The first-order valence-corrected chi connectivity index (χ1v) is 6.91. The second-order valence-corrected chi connectivity index (χ2v) is 5.64. The summed E-state index contributed by atoms with van der Waals surface area (Å²) in [4.78, 5) is 2.47. The van der Waals surface area contributed by atoms with E-state index in [1.165, 1.54) is 0 Å². The van der Waals surface area contributed by atoms with Crippen molar-refractivity contribution < 1.29 is 4.74 Å². The molecule has 1 aliphatic rings. The zero-order valence-electron chi connectivity index (χ0n) is 12.1. The van der Waals surface area contributed by atoms with E-state index in [4.69, 9.17) is 10.5 Å². The molecular weight excluding hydrogens is 238 g/mol. The van der Waals surface area contributed by atoms with Gasteiger partial charge in [-0.25, -0.2) is 0 Å². The Balaban J connectivity index is 2.13. The van der Waals surface area contributed by atoms with Gasteiger partial charge in [-0.2, -0.15) is 0 Å². The molecule has 106 valence electrons. The highest BCUT2D eigenvalue weighted by Gasteiger charge is 2.34. The van der Waals surface area contributed by atoms with Crippen LogP contribution in [0.2, 0.25) is 0 Å². The number of nitrogens with two attached hydrogens (primary N) is 1. The summed E-state index contributed by atoms with van der Waals surface area (Å²) in [5.74, 6) is 0.871. The molecule has 4 nitrogen and oxygen atoms in total. The van der Waals surface area contributed by atoms with Crippen molar-refractivity contribution in [2.75, 3.05) is 33.3 Å². The monoisotopic (exact) mass is 263 g/mol. The van der Waals surface area contributed by atoms with E-state index < -0.39 is 0 Å². The van der Waals surface area contributed by atoms with E-state index >= 15 is 0 Å². The van der Waals surface area contributed by atoms with Gasteiger partial charge in [-0.05, 0) is 31.5 Å². The van der Waals surface area contributed by atoms with Crippen molar-refractivity contribution in [1.29, 1.82) is 0 Å². The number of ether oxygens (including phenoxy) is 1. The number of rotatable bonds is 4. The Morgan fingerprint density at radius 2 is 1.79 bits per heavy atom. The van der Waals surface area contributed by atoms with Gasteiger partial charge in [0.05, 0.1) is 7.11 Å². The average Bonchev–Trinajstić information content (AvgIpc) is 2.47. The zero-order chi connectivity index (χ0) is 13.9. The number of benzene rings is 1. The molecule has 1 aliphatic heterocycles. The van der Waals surface area contributed by atoms with Crippen LogP contribution in [0.5, 0.6) is 5.75 Å². The van der Waals surface area contributed by atoms with Gasteiger partial charge in [0.2, 0.25) is 0 Å². The number of methoxy groups -OCH3 is 1. The van der Waals surface area contributed by atoms with Crippen LogP contribution in [0.4, 0.5) is 0 Å². The van der Waals surface area contributed by atoms with Gasteiger partial charge in [0.15, 0.2) is 0 Å². The topological polar surface area (TPSA) is 50.5 Å². The van der Waals surface area contributed by atoms with Crippen molar-refractivity contribution in [2.24, 2.45) is 5.73 Å². The molecule has 0 bridgehead atoms. The fraction of sp³-hybridized carbons (Fsp3) is 0.600. The molecule has 1 saturated heterocycles. The van der Waals surface area contributed by atoms with Crippen LogP contribution in [0.3, 0.4) is 0 Å². The van der Waals surface area contributed by atoms with E-state index in [2.05, 4.69) is 36.2 Å². The van der Waals surface area contributed by atoms with Crippen molar-refractivity contribution in [1.82, 2.24) is 10.2 Å². The maximum absolute atomic E-state index is 6.49. The molecule has 1 atom stereocenters. The van der Waals surface area contributed by atoms with Crippen LogP contribution in [0.15, 0.2) is 24.3 Å². The van der Waals surface area contributed by atoms with E-state index in [1.807, 2.05) is 12.1 Å². The van der Waals surface area contributed by atoms with E-state index in [-0.39, 0.29) is 11.6 Å². The zero-order valence-corrected chi connectivity index (χ0v) is 12.1. The average molecular weight is 263 g/mol. The fourth-order valence-electron chi connectivity index (χ4n) is 2.66. The molecule has 1 fully saturated rings. The van der Waals surface area contributed by atoms with Gasteiger partial charge in [-0.1, -0.05) is 12.1 Å². The smallest absolute Gasteiger partial charge is 0.118 e. The van der Waals surface area contributed by atoms with Gasteiger partial charge in [0.1, 0.15) is 5.75 Å².